The van der Waals surface area contributed by atoms with E-state index in [1.807, 2.05) is 6.07 Å². The molecule has 0 atom stereocenters. The Kier molecular flexibility index (Phi) is 3.53. The molecule has 20 heavy (non-hydrogen) atoms. The van der Waals surface area contributed by atoms with Gasteiger partial charge >= 0.3 is 0 Å². The molecule has 1 aliphatic carbocycles. The fraction of sp³-hybridized carbons (Fsp3) is 0.412. The summed E-state index contributed by atoms with van der Waals surface area (Å²) in [5, 5.41) is 3.50. The van der Waals surface area contributed by atoms with Gasteiger partial charge < -0.3 is 14.5 Å². The lowest BCUT2D eigenvalue weighted by Crippen LogP contribution is -2.15. The molecular weight excluding hydrogens is 250 g/mol. The minimum absolute atomic E-state index is 0.675. The Labute approximate surface area is 119 Å². The number of hydrogen-bond acceptors (Lipinski definition) is 3. The van der Waals surface area contributed by atoms with Crippen LogP contribution in [0, 0.1) is 13.8 Å². The number of nitrogens with one attached hydrogen (secondary N) is 1. The lowest BCUT2D eigenvalue weighted by molar-refractivity contribution is 0.415. The zero-order chi connectivity index (χ0) is 14.1. The molecule has 1 aromatic carbocycles. The van der Waals surface area contributed by atoms with Crippen molar-refractivity contribution < 1.29 is 9.15 Å². The number of methoxy groups -OCH3 is 1. The number of hydrogen-bond donors (Lipinski definition) is 1. The zero-order valence-electron chi connectivity index (χ0n) is 12.3. The summed E-state index contributed by atoms with van der Waals surface area (Å²) in [6.45, 7) is 4.99. The lowest BCUT2D eigenvalue weighted by atomic mass is 9.97. The van der Waals surface area contributed by atoms with Crippen LogP contribution in [-0.4, -0.2) is 13.2 Å². The Morgan fingerprint density at radius 1 is 1.30 bits per heavy atom. The molecule has 0 radical (unpaired) electrons. The summed E-state index contributed by atoms with van der Waals surface area (Å²) in [5.41, 5.74) is 4.70. The molecule has 1 N–H and O–H groups in total. The third-order valence-corrected chi connectivity index (χ3v) is 3.81. The van der Waals surface area contributed by atoms with Crippen LogP contribution < -0.4 is 10.1 Å². The molecule has 3 rings (SSSR count). The zero-order valence-corrected chi connectivity index (χ0v) is 12.3. The van der Waals surface area contributed by atoms with Gasteiger partial charge in [-0.15, -0.1) is 0 Å². The first-order chi connectivity index (χ1) is 9.69. The summed E-state index contributed by atoms with van der Waals surface area (Å²) in [4.78, 5) is 0. The van der Waals surface area contributed by atoms with Gasteiger partial charge in [-0.2, -0.15) is 0 Å². The summed E-state index contributed by atoms with van der Waals surface area (Å²) < 4.78 is 11.2. The molecule has 0 amide bonds. The van der Waals surface area contributed by atoms with Crippen molar-refractivity contribution in [3.05, 3.63) is 41.3 Å². The molecule has 3 heteroatoms. The van der Waals surface area contributed by atoms with Crippen LogP contribution in [0.25, 0.3) is 11.1 Å². The molecule has 1 heterocycles. The molecule has 1 saturated carbocycles. The van der Waals surface area contributed by atoms with Gasteiger partial charge in [0, 0.05) is 17.2 Å². The Morgan fingerprint density at radius 3 is 2.80 bits per heavy atom. The average molecular weight is 271 g/mol. The smallest absolute Gasteiger partial charge is 0.127 e. The molecular formula is C17H21NO2. The van der Waals surface area contributed by atoms with Crippen LogP contribution in [0.3, 0.4) is 0 Å². The summed E-state index contributed by atoms with van der Waals surface area (Å²) in [7, 11) is 1.72. The largest absolute Gasteiger partial charge is 0.496 e. The minimum atomic E-state index is 0.675. The molecule has 1 aliphatic rings. The van der Waals surface area contributed by atoms with E-state index in [-0.39, 0.29) is 0 Å². The molecule has 106 valence electrons. The maximum absolute atomic E-state index is 5.66. The van der Waals surface area contributed by atoms with Crippen LogP contribution in [0.2, 0.25) is 0 Å². The van der Waals surface area contributed by atoms with Gasteiger partial charge in [0.25, 0.3) is 0 Å². The van der Waals surface area contributed by atoms with E-state index in [0.717, 1.165) is 29.2 Å². The SMILES string of the molecule is COc1cc(C)cc(C)c1-c1ccoc1CNC1CC1. The molecule has 0 bridgehead atoms. The summed E-state index contributed by atoms with van der Waals surface area (Å²) in [6.07, 6.45) is 4.32. The number of benzene rings is 1. The Morgan fingerprint density at radius 2 is 2.10 bits per heavy atom. The van der Waals surface area contributed by atoms with Crippen molar-refractivity contribution in [1.82, 2.24) is 5.32 Å². The first-order valence-corrected chi connectivity index (χ1v) is 7.14. The predicted octanol–water partition coefficient (Wildman–Crippen LogP) is 3.82. The van der Waals surface area contributed by atoms with Crippen molar-refractivity contribution in [1.29, 1.82) is 0 Å². The monoisotopic (exact) mass is 271 g/mol. The molecule has 0 saturated heterocycles. The van der Waals surface area contributed by atoms with Gasteiger partial charge in [-0.05, 0) is 49.9 Å². The highest BCUT2D eigenvalue weighted by Gasteiger charge is 2.22. The van der Waals surface area contributed by atoms with E-state index >= 15 is 0 Å². The van der Waals surface area contributed by atoms with Crippen LogP contribution in [0.5, 0.6) is 5.75 Å². The molecule has 3 nitrogen and oxygen atoms in total. The third kappa shape index (κ3) is 2.59. The van der Waals surface area contributed by atoms with Gasteiger partial charge in [0.15, 0.2) is 0 Å². The topological polar surface area (TPSA) is 34.4 Å². The maximum Gasteiger partial charge on any atom is 0.127 e. The predicted molar refractivity (Wildman–Crippen MR) is 80.0 cm³/mol. The summed E-state index contributed by atoms with van der Waals surface area (Å²) in [6, 6.07) is 6.97. The molecule has 1 aromatic heterocycles. The van der Waals surface area contributed by atoms with Crippen LogP contribution in [0.4, 0.5) is 0 Å². The molecule has 0 aliphatic heterocycles. The highest BCUT2D eigenvalue weighted by Crippen LogP contribution is 2.37. The van der Waals surface area contributed by atoms with Gasteiger partial charge in [0.1, 0.15) is 11.5 Å². The first-order valence-electron chi connectivity index (χ1n) is 7.14. The highest BCUT2D eigenvalue weighted by atomic mass is 16.5. The lowest BCUT2D eigenvalue weighted by Gasteiger charge is -2.13. The Hall–Kier alpha value is -1.74. The quantitative estimate of drug-likeness (QED) is 0.897. The van der Waals surface area contributed by atoms with Gasteiger partial charge in [0.05, 0.1) is 19.9 Å². The van der Waals surface area contributed by atoms with Crippen LogP contribution in [-0.2, 0) is 6.54 Å². The maximum atomic E-state index is 5.66. The molecule has 0 unspecified atom stereocenters. The number of ether oxygens (including phenoxy) is 1. The van der Waals surface area contributed by atoms with Gasteiger partial charge in [-0.25, -0.2) is 0 Å². The number of aryl methyl sites for hydroxylation is 2. The van der Waals surface area contributed by atoms with E-state index in [1.54, 1.807) is 13.4 Å². The second kappa shape index (κ2) is 5.33. The van der Waals surface area contributed by atoms with E-state index in [9.17, 15) is 0 Å². The van der Waals surface area contributed by atoms with E-state index in [2.05, 4.69) is 31.3 Å². The normalized spacial score (nSPS) is 14.6. The van der Waals surface area contributed by atoms with Gasteiger partial charge in [0.2, 0.25) is 0 Å². The number of furan rings is 1. The summed E-state index contributed by atoms with van der Waals surface area (Å²) >= 11 is 0. The van der Waals surface area contributed by atoms with Crippen molar-refractivity contribution in [2.45, 2.75) is 39.3 Å². The van der Waals surface area contributed by atoms with Crippen molar-refractivity contribution in [3.63, 3.8) is 0 Å². The Balaban J connectivity index is 1.97. The highest BCUT2D eigenvalue weighted by molar-refractivity contribution is 5.75. The minimum Gasteiger partial charge on any atom is -0.496 e. The van der Waals surface area contributed by atoms with Crippen molar-refractivity contribution >= 4 is 0 Å². The van der Waals surface area contributed by atoms with Crippen LogP contribution in [0.15, 0.2) is 28.9 Å². The molecule has 2 aromatic rings. The van der Waals surface area contributed by atoms with Gasteiger partial charge in [-0.1, -0.05) is 6.07 Å². The second-order valence-electron chi connectivity index (χ2n) is 5.57. The fourth-order valence-corrected chi connectivity index (χ4v) is 2.66. The van der Waals surface area contributed by atoms with E-state index < -0.39 is 0 Å². The van der Waals surface area contributed by atoms with E-state index in [1.165, 1.54) is 24.0 Å². The Bertz CT molecular complexity index is 611. The van der Waals surface area contributed by atoms with Crippen molar-refractivity contribution in [2.75, 3.05) is 7.11 Å². The summed E-state index contributed by atoms with van der Waals surface area (Å²) in [5.74, 6) is 1.90. The third-order valence-electron chi connectivity index (χ3n) is 3.81. The average Bonchev–Trinajstić information content (AvgIpc) is 3.14. The molecule has 1 fully saturated rings. The van der Waals surface area contributed by atoms with Gasteiger partial charge in [-0.3, -0.25) is 0 Å². The molecule has 0 spiro atoms. The first kappa shape index (κ1) is 13.3. The van der Waals surface area contributed by atoms with E-state index in [4.69, 9.17) is 9.15 Å². The van der Waals surface area contributed by atoms with E-state index in [0.29, 0.717) is 6.04 Å². The van der Waals surface area contributed by atoms with Crippen molar-refractivity contribution in [2.24, 2.45) is 0 Å². The van der Waals surface area contributed by atoms with Crippen LogP contribution in [0.1, 0.15) is 29.7 Å². The van der Waals surface area contributed by atoms with Crippen molar-refractivity contribution in [3.8, 4) is 16.9 Å². The standard InChI is InChI=1S/C17H21NO2/c1-11-8-12(2)17(15(9-11)19-3)14-6-7-20-16(14)10-18-13-4-5-13/h6-9,13,18H,4-5,10H2,1-3H3. The second-order valence-corrected chi connectivity index (χ2v) is 5.57. The van der Waals surface area contributed by atoms with Crippen LogP contribution >= 0.6 is 0 Å². The fourth-order valence-electron chi connectivity index (χ4n) is 2.66. The number of rotatable bonds is 5.